The number of hydrogen-bond acceptors (Lipinski definition) is 3. The number of amides is 1. The van der Waals surface area contributed by atoms with E-state index < -0.39 is 12.8 Å². The summed E-state index contributed by atoms with van der Waals surface area (Å²) in [5.74, 6) is 1.12. The summed E-state index contributed by atoms with van der Waals surface area (Å²) in [7, 11) is 0. The van der Waals surface area contributed by atoms with Crippen LogP contribution in [0.2, 0.25) is 0 Å². The van der Waals surface area contributed by atoms with Crippen molar-refractivity contribution >= 4 is 5.91 Å². The van der Waals surface area contributed by atoms with Gasteiger partial charge in [0.1, 0.15) is 12.4 Å². The molecule has 1 saturated heterocycles. The van der Waals surface area contributed by atoms with Gasteiger partial charge in [0.25, 0.3) is 0 Å². The van der Waals surface area contributed by atoms with Gasteiger partial charge < -0.3 is 14.2 Å². The van der Waals surface area contributed by atoms with Crippen molar-refractivity contribution in [1.82, 2.24) is 14.5 Å². The predicted octanol–water partition coefficient (Wildman–Crippen LogP) is 3.14. The summed E-state index contributed by atoms with van der Waals surface area (Å²) in [6, 6.07) is 0.165. The van der Waals surface area contributed by atoms with Crippen LogP contribution in [-0.4, -0.2) is 52.8 Å². The Morgan fingerprint density at radius 1 is 1.46 bits per heavy atom. The number of likely N-dealkylation sites (tertiary alicyclic amines) is 1. The molecule has 1 amide bonds. The van der Waals surface area contributed by atoms with E-state index in [1.54, 1.807) is 11.1 Å². The van der Waals surface area contributed by atoms with Crippen molar-refractivity contribution in [2.75, 3.05) is 26.3 Å². The molecule has 8 heteroatoms. The van der Waals surface area contributed by atoms with Gasteiger partial charge in [-0.05, 0) is 12.8 Å². The van der Waals surface area contributed by atoms with Crippen molar-refractivity contribution < 1.29 is 22.7 Å². The number of carbonyl (C=O) groups is 1. The summed E-state index contributed by atoms with van der Waals surface area (Å²) >= 11 is 0. The number of rotatable bonds is 6. The number of carbonyl (C=O) groups excluding carboxylic acids is 1. The Kier molecular flexibility index (Phi) is 6.26. The number of hydrogen-bond donors (Lipinski definition) is 0. The maximum atomic E-state index is 12.2. The van der Waals surface area contributed by atoms with Crippen molar-refractivity contribution in [3.63, 3.8) is 0 Å². The zero-order valence-electron chi connectivity index (χ0n) is 14.1. The molecule has 1 aromatic rings. The van der Waals surface area contributed by atoms with Gasteiger partial charge >= 0.3 is 6.18 Å². The first-order valence-corrected chi connectivity index (χ1v) is 8.23. The van der Waals surface area contributed by atoms with Gasteiger partial charge in [0.2, 0.25) is 5.91 Å². The van der Waals surface area contributed by atoms with Crippen LogP contribution in [0, 0.1) is 0 Å². The second-order valence-electron chi connectivity index (χ2n) is 6.40. The first-order chi connectivity index (χ1) is 11.3. The van der Waals surface area contributed by atoms with Crippen LogP contribution >= 0.6 is 0 Å². The molecule has 0 spiro atoms. The Hall–Kier alpha value is -1.57. The zero-order valence-corrected chi connectivity index (χ0v) is 14.1. The monoisotopic (exact) mass is 347 g/mol. The van der Waals surface area contributed by atoms with E-state index in [-0.39, 0.29) is 25.0 Å². The van der Waals surface area contributed by atoms with Gasteiger partial charge in [-0.25, -0.2) is 4.98 Å². The van der Waals surface area contributed by atoms with Crippen molar-refractivity contribution in [2.45, 2.75) is 51.2 Å². The molecule has 0 unspecified atom stereocenters. The second-order valence-corrected chi connectivity index (χ2v) is 6.40. The fourth-order valence-corrected chi connectivity index (χ4v) is 2.99. The van der Waals surface area contributed by atoms with Crippen LogP contribution in [-0.2, 0) is 9.53 Å². The van der Waals surface area contributed by atoms with E-state index in [9.17, 15) is 18.0 Å². The molecular formula is C16H24F3N3O2. The smallest absolute Gasteiger partial charge is 0.372 e. The summed E-state index contributed by atoms with van der Waals surface area (Å²) < 4.78 is 42.7. The Balaban J connectivity index is 1.86. The second kappa shape index (κ2) is 8.00. The lowest BCUT2D eigenvalue weighted by Crippen LogP contribution is -2.41. The molecule has 1 fully saturated rings. The van der Waals surface area contributed by atoms with Crippen LogP contribution in [0.15, 0.2) is 12.4 Å². The lowest BCUT2D eigenvalue weighted by Gasteiger charge is -2.34. The fourth-order valence-electron chi connectivity index (χ4n) is 2.99. The molecule has 1 aliphatic heterocycles. The minimum absolute atomic E-state index is 0.0240. The van der Waals surface area contributed by atoms with Crippen molar-refractivity contribution in [2.24, 2.45) is 0 Å². The minimum Gasteiger partial charge on any atom is -0.372 e. The van der Waals surface area contributed by atoms with Crippen LogP contribution in [0.25, 0.3) is 0 Å². The third kappa shape index (κ3) is 5.22. The maximum Gasteiger partial charge on any atom is 0.411 e. The fraction of sp³-hybridized carbons (Fsp3) is 0.750. The van der Waals surface area contributed by atoms with Gasteiger partial charge in [-0.1, -0.05) is 13.8 Å². The number of imidazole rings is 1. The molecule has 1 aromatic heterocycles. The maximum absolute atomic E-state index is 12.2. The number of nitrogens with zero attached hydrogens (tertiary/aromatic N) is 3. The summed E-state index contributed by atoms with van der Waals surface area (Å²) in [5.41, 5.74) is 0. The molecule has 0 aromatic carbocycles. The molecule has 2 rings (SSSR count). The predicted molar refractivity (Wildman–Crippen MR) is 82.7 cm³/mol. The first-order valence-electron chi connectivity index (χ1n) is 8.23. The van der Waals surface area contributed by atoms with E-state index in [2.05, 4.69) is 28.1 Å². The van der Waals surface area contributed by atoms with Gasteiger partial charge in [0.05, 0.1) is 19.1 Å². The van der Waals surface area contributed by atoms with E-state index >= 15 is 0 Å². The van der Waals surface area contributed by atoms with Crippen LogP contribution < -0.4 is 0 Å². The molecule has 0 N–H and O–H groups in total. The lowest BCUT2D eigenvalue weighted by atomic mass is 10.0. The molecule has 0 radical (unpaired) electrons. The van der Waals surface area contributed by atoms with Crippen molar-refractivity contribution in [1.29, 1.82) is 0 Å². The van der Waals surface area contributed by atoms with E-state index in [1.807, 2.05) is 6.20 Å². The topological polar surface area (TPSA) is 47.4 Å². The van der Waals surface area contributed by atoms with E-state index in [0.29, 0.717) is 19.0 Å². The standard InChI is InChI=1S/C16H24F3N3O2/c1-12(2)15-20-6-8-22(15)13-4-3-7-21(10-13)14(23)5-9-24-11-16(17,18)19/h6,8,12-13H,3-5,7,9-11H2,1-2H3/t13-/m0/s1. The highest BCUT2D eigenvalue weighted by atomic mass is 19.4. The van der Waals surface area contributed by atoms with Gasteiger partial charge in [0, 0.05) is 31.4 Å². The summed E-state index contributed by atoms with van der Waals surface area (Å²) in [6.45, 7) is 3.83. The van der Waals surface area contributed by atoms with Crippen molar-refractivity contribution in [3.05, 3.63) is 18.2 Å². The largest absolute Gasteiger partial charge is 0.411 e. The molecule has 136 valence electrons. The summed E-state index contributed by atoms with van der Waals surface area (Å²) in [6.07, 6.45) is 1.15. The molecule has 0 aliphatic carbocycles. The number of halogens is 3. The van der Waals surface area contributed by atoms with Gasteiger partial charge in [-0.3, -0.25) is 4.79 Å². The molecular weight excluding hydrogens is 323 g/mol. The Morgan fingerprint density at radius 3 is 2.88 bits per heavy atom. The van der Waals surface area contributed by atoms with E-state index in [1.165, 1.54) is 0 Å². The van der Waals surface area contributed by atoms with Crippen LogP contribution in [0.5, 0.6) is 0 Å². The first kappa shape index (κ1) is 18.8. The SMILES string of the molecule is CC(C)c1nccn1[C@H]1CCCN(C(=O)CCOCC(F)(F)F)C1. The van der Waals surface area contributed by atoms with E-state index in [0.717, 1.165) is 18.7 Å². The highest BCUT2D eigenvalue weighted by Gasteiger charge is 2.28. The molecule has 5 nitrogen and oxygen atoms in total. The molecule has 1 aliphatic rings. The van der Waals surface area contributed by atoms with Gasteiger partial charge in [0.15, 0.2) is 0 Å². The summed E-state index contributed by atoms with van der Waals surface area (Å²) in [4.78, 5) is 18.3. The zero-order chi connectivity index (χ0) is 17.7. The molecule has 1 atom stereocenters. The number of aromatic nitrogens is 2. The average Bonchev–Trinajstić information content (AvgIpc) is 3.00. The molecule has 24 heavy (non-hydrogen) atoms. The quantitative estimate of drug-likeness (QED) is 0.743. The van der Waals surface area contributed by atoms with Gasteiger partial charge in [-0.15, -0.1) is 0 Å². The van der Waals surface area contributed by atoms with Gasteiger partial charge in [-0.2, -0.15) is 13.2 Å². The van der Waals surface area contributed by atoms with Crippen LogP contribution in [0.1, 0.15) is 50.9 Å². The Bertz CT molecular complexity index is 543. The van der Waals surface area contributed by atoms with E-state index in [4.69, 9.17) is 0 Å². The Morgan fingerprint density at radius 2 is 2.21 bits per heavy atom. The lowest BCUT2D eigenvalue weighted by molar-refractivity contribution is -0.175. The Labute approximate surface area is 139 Å². The van der Waals surface area contributed by atoms with Crippen LogP contribution in [0.3, 0.4) is 0 Å². The molecule has 0 saturated carbocycles. The highest BCUT2D eigenvalue weighted by molar-refractivity contribution is 5.76. The molecule has 2 heterocycles. The van der Waals surface area contributed by atoms with Crippen LogP contribution in [0.4, 0.5) is 13.2 Å². The third-order valence-electron chi connectivity index (χ3n) is 4.08. The number of piperidine rings is 1. The minimum atomic E-state index is -4.35. The normalized spacial score (nSPS) is 19.1. The third-order valence-corrected chi connectivity index (χ3v) is 4.08. The number of ether oxygens (including phenoxy) is 1. The summed E-state index contributed by atoms with van der Waals surface area (Å²) in [5, 5.41) is 0. The van der Waals surface area contributed by atoms with Crippen molar-refractivity contribution in [3.8, 4) is 0 Å². The molecule has 0 bridgehead atoms. The number of alkyl halides is 3. The highest BCUT2D eigenvalue weighted by Crippen LogP contribution is 2.26. The average molecular weight is 347 g/mol.